The van der Waals surface area contributed by atoms with Crippen LogP contribution in [0.15, 0.2) is 78.9 Å². The largest absolute Gasteiger partial charge is 0.482 e. The van der Waals surface area contributed by atoms with Gasteiger partial charge in [-0.15, -0.1) is 0 Å². The van der Waals surface area contributed by atoms with Crippen LogP contribution < -0.4 is 19.7 Å². The highest BCUT2D eigenvalue weighted by molar-refractivity contribution is 5.99. The second-order valence-electron chi connectivity index (χ2n) is 6.54. The van der Waals surface area contributed by atoms with Crippen molar-refractivity contribution in [1.29, 1.82) is 0 Å². The Bertz CT molecular complexity index is 1000. The molecular formula is C23H20N2O4. The van der Waals surface area contributed by atoms with Crippen molar-refractivity contribution in [1.82, 2.24) is 0 Å². The molecule has 0 radical (unpaired) electrons. The third-order valence-corrected chi connectivity index (χ3v) is 4.49. The molecule has 0 fully saturated rings. The highest BCUT2D eigenvalue weighted by Crippen LogP contribution is 2.31. The van der Waals surface area contributed by atoms with Gasteiger partial charge in [-0.3, -0.25) is 9.59 Å². The van der Waals surface area contributed by atoms with Gasteiger partial charge in [0.05, 0.1) is 5.69 Å². The summed E-state index contributed by atoms with van der Waals surface area (Å²) in [5, 5.41) is 2.85. The van der Waals surface area contributed by atoms with Gasteiger partial charge in [-0.2, -0.15) is 0 Å². The van der Waals surface area contributed by atoms with E-state index in [0.717, 1.165) is 5.75 Å². The van der Waals surface area contributed by atoms with Crippen LogP contribution in [0, 0.1) is 0 Å². The first kappa shape index (κ1) is 18.6. The van der Waals surface area contributed by atoms with Gasteiger partial charge in [0.15, 0.2) is 6.61 Å². The smallest absolute Gasteiger partial charge is 0.265 e. The summed E-state index contributed by atoms with van der Waals surface area (Å²) < 4.78 is 11.2. The number of amides is 2. The Hall–Kier alpha value is -3.80. The average Bonchev–Trinajstić information content (AvgIpc) is 2.75. The van der Waals surface area contributed by atoms with E-state index in [1.807, 2.05) is 54.6 Å². The summed E-state index contributed by atoms with van der Waals surface area (Å²) in [6, 6.07) is 24.0. The second kappa shape index (κ2) is 8.48. The number of nitrogens with zero attached hydrogens (tertiary/aromatic N) is 1. The number of anilines is 2. The molecule has 146 valence electrons. The Kier molecular flexibility index (Phi) is 5.42. The zero-order chi connectivity index (χ0) is 20.1. The van der Waals surface area contributed by atoms with Gasteiger partial charge in [-0.25, -0.2) is 0 Å². The number of para-hydroxylation sites is 3. The lowest BCUT2D eigenvalue weighted by atomic mass is 10.2. The molecule has 6 nitrogen and oxygen atoms in total. The molecule has 0 aliphatic carbocycles. The summed E-state index contributed by atoms with van der Waals surface area (Å²) in [5.74, 6) is 1.77. The highest BCUT2D eigenvalue weighted by Gasteiger charge is 2.25. The van der Waals surface area contributed by atoms with E-state index in [-0.39, 0.29) is 24.8 Å². The molecule has 0 spiro atoms. The molecule has 0 unspecified atom stereocenters. The molecule has 0 saturated heterocycles. The molecule has 0 atom stereocenters. The molecule has 1 N–H and O–H groups in total. The Morgan fingerprint density at radius 1 is 0.931 bits per heavy atom. The lowest BCUT2D eigenvalue weighted by Crippen LogP contribution is -2.40. The zero-order valence-electron chi connectivity index (χ0n) is 15.7. The van der Waals surface area contributed by atoms with E-state index in [1.54, 1.807) is 29.2 Å². The molecular weight excluding hydrogens is 368 g/mol. The molecule has 0 bridgehead atoms. The van der Waals surface area contributed by atoms with Crippen molar-refractivity contribution in [3.63, 3.8) is 0 Å². The van der Waals surface area contributed by atoms with Crippen LogP contribution in [0.1, 0.15) is 6.42 Å². The van der Waals surface area contributed by atoms with Crippen LogP contribution >= 0.6 is 0 Å². The molecule has 0 saturated carbocycles. The lowest BCUT2D eigenvalue weighted by molar-refractivity contribution is -0.121. The molecule has 29 heavy (non-hydrogen) atoms. The van der Waals surface area contributed by atoms with Crippen molar-refractivity contribution in [3.05, 3.63) is 78.9 Å². The van der Waals surface area contributed by atoms with Crippen molar-refractivity contribution >= 4 is 23.2 Å². The number of fused-ring (bicyclic) bond motifs is 1. The van der Waals surface area contributed by atoms with Crippen LogP contribution in [0.3, 0.4) is 0 Å². The summed E-state index contributed by atoms with van der Waals surface area (Å²) in [6.07, 6.45) is 0.183. The normalized spacial score (nSPS) is 12.7. The van der Waals surface area contributed by atoms with E-state index in [0.29, 0.717) is 29.4 Å². The number of hydrogen-bond acceptors (Lipinski definition) is 4. The number of carbonyl (C=O) groups is 2. The fourth-order valence-electron chi connectivity index (χ4n) is 3.07. The van der Waals surface area contributed by atoms with Crippen molar-refractivity contribution in [2.45, 2.75) is 6.42 Å². The van der Waals surface area contributed by atoms with Gasteiger partial charge in [0.25, 0.3) is 5.91 Å². The Balaban J connectivity index is 1.33. The van der Waals surface area contributed by atoms with E-state index in [4.69, 9.17) is 9.47 Å². The first-order valence-corrected chi connectivity index (χ1v) is 9.34. The topological polar surface area (TPSA) is 67.9 Å². The van der Waals surface area contributed by atoms with Gasteiger partial charge in [-0.1, -0.05) is 30.3 Å². The van der Waals surface area contributed by atoms with Gasteiger partial charge in [0, 0.05) is 18.7 Å². The van der Waals surface area contributed by atoms with Crippen LogP contribution in [0.4, 0.5) is 11.4 Å². The van der Waals surface area contributed by atoms with Crippen molar-refractivity contribution in [2.75, 3.05) is 23.4 Å². The number of carbonyl (C=O) groups excluding carboxylic acids is 2. The fourth-order valence-corrected chi connectivity index (χ4v) is 3.07. The number of ether oxygens (including phenoxy) is 2. The summed E-state index contributed by atoms with van der Waals surface area (Å²) in [6.45, 7) is 0.280. The molecule has 1 heterocycles. The number of rotatable bonds is 6. The molecule has 6 heteroatoms. The van der Waals surface area contributed by atoms with Crippen molar-refractivity contribution in [3.8, 4) is 17.2 Å². The maximum absolute atomic E-state index is 12.3. The fraction of sp³-hybridized carbons (Fsp3) is 0.130. The van der Waals surface area contributed by atoms with Gasteiger partial charge in [0.1, 0.15) is 17.2 Å². The predicted molar refractivity (Wildman–Crippen MR) is 110 cm³/mol. The van der Waals surface area contributed by atoms with E-state index in [2.05, 4.69) is 5.32 Å². The van der Waals surface area contributed by atoms with Crippen LogP contribution in [0.25, 0.3) is 0 Å². The maximum Gasteiger partial charge on any atom is 0.265 e. The monoisotopic (exact) mass is 388 g/mol. The minimum atomic E-state index is -0.168. The summed E-state index contributed by atoms with van der Waals surface area (Å²) in [7, 11) is 0. The summed E-state index contributed by atoms with van der Waals surface area (Å²) >= 11 is 0. The predicted octanol–water partition coefficient (Wildman–Crippen LogP) is 4.23. The molecule has 2 amide bonds. The maximum atomic E-state index is 12.3. The van der Waals surface area contributed by atoms with Gasteiger partial charge >= 0.3 is 0 Å². The molecule has 3 aromatic carbocycles. The van der Waals surface area contributed by atoms with Gasteiger partial charge < -0.3 is 19.7 Å². The highest BCUT2D eigenvalue weighted by atomic mass is 16.5. The Morgan fingerprint density at radius 2 is 1.62 bits per heavy atom. The summed E-state index contributed by atoms with van der Waals surface area (Å²) in [5.41, 5.74) is 1.36. The lowest BCUT2D eigenvalue weighted by Gasteiger charge is -2.29. The number of nitrogens with one attached hydrogen (secondary N) is 1. The van der Waals surface area contributed by atoms with E-state index < -0.39 is 0 Å². The molecule has 0 aromatic heterocycles. The standard InChI is InChI=1S/C23H20N2O4/c26-22(14-15-25-20-8-4-5-9-21(20)28-16-23(25)27)24-17-10-12-19(13-11-17)29-18-6-2-1-3-7-18/h1-13H,14-16H2,(H,24,26). The van der Waals surface area contributed by atoms with E-state index in [9.17, 15) is 9.59 Å². The van der Waals surface area contributed by atoms with Crippen LogP contribution in [-0.4, -0.2) is 25.0 Å². The second-order valence-corrected chi connectivity index (χ2v) is 6.54. The van der Waals surface area contributed by atoms with Gasteiger partial charge in [-0.05, 0) is 48.5 Å². The van der Waals surface area contributed by atoms with Crippen LogP contribution in [-0.2, 0) is 9.59 Å². The Morgan fingerprint density at radius 3 is 2.41 bits per heavy atom. The zero-order valence-corrected chi connectivity index (χ0v) is 15.7. The number of benzene rings is 3. The molecule has 1 aliphatic heterocycles. The molecule has 1 aliphatic rings. The van der Waals surface area contributed by atoms with Crippen molar-refractivity contribution in [2.24, 2.45) is 0 Å². The molecule has 4 rings (SSSR count). The summed E-state index contributed by atoms with van der Waals surface area (Å²) in [4.78, 5) is 26.1. The average molecular weight is 388 g/mol. The minimum Gasteiger partial charge on any atom is -0.482 e. The minimum absolute atomic E-state index is 0.0124. The van der Waals surface area contributed by atoms with E-state index >= 15 is 0 Å². The van der Waals surface area contributed by atoms with E-state index in [1.165, 1.54) is 0 Å². The third-order valence-electron chi connectivity index (χ3n) is 4.49. The van der Waals surface area contributed by atoms with Gasteiger partial charge in [0.2, 0.25) is 5.91 Å². The first-order valence-electron chi connectivity index (χ1n) is 9.34. The Labute approximate surface area is 168 Å². The SMILES string of the molecule is O=C(CCN1C(=O)COc2ccccc21)Nc1ccc(Oc2ccccc2)cc1. The quantitative estimate of drug-likeness (QED) is 0.686. The molecule has 3 aromatic rings. The first-order chi connectivity index (χ1) is 14.2. The van der Waals surface area contributed by atoms with Crippen LogP contribution in [0.2, 0.25) is 0 Å². The van der Waals surface area contributed by atoms with Crippen molar-refractivity contribution < 1.29 is 19.1 Å². The number of hydrogen-bond donors (Lipinski definition) is 1. The third kappa shape index (κ3) is 4.55. The van der Waals surface area contributed by atoms with Crippen LogP contribution in [0.5, 0.6) is 17.2 Å².